The summed E-state index contributed by atoms with van der Waals surface area (Å²) in [7, 11) is 1.88. The van der Waals surface area contributed by atoms with Gasteiger partial charge in [-0.2, -0.15) is 5.10 Å². The Morgan fingerprint density at radius 3 is 2.50 bits per heavy atom. The summed E-state index contributed by atoms with van der Waals surface area (Å²) in [4.78, 5) is 14.2. The van der Waals surface area contributed by atoms with Gasteiger partial charge in [-0.05, 0) is 0 Å². The first-order valence-corrected chi connectivity index (χ1v) is 7.09. The molecular formula is C14H25N5O. The molecule has 3 N–H and O–H groups in total. The second-order valence-corrected chi connectivity index (χ2v) is 6.45. The lowest BCUT2D eigenvalue weighted by Crippen LogP contribution is -2.48. The molecule has 0 aromatic carbocycles. The van der Waals surface area contributed by atoms with Crippen LogP contribution in [0.25, 0.3) is 0 Å². The number of nitrogens with two attached hydrogens (primary N) is 1. The third-order valence-corrected chi connectivity index (χ3v) is 3.65. The highest BCUT2D eigenvalue weighted by molar-refractivity contribution is 5.81. The van der Waals surface area contributed by atoms with Crippen LogP contribution in [0.15, 0.2) is 6.20 Å². The highest BCUT2D eigenvalue weighted by atomic mass is 16.1. The van der Waals surface area contributed by atoms with Crippen molar-refractivity contribution in [1.82, 2.24) is 20.0 Å². The van der Waals surface area contributed by atoms with Gasteiger partial charge in [0.1, 0.15) is 6.04 Å². The van der Waals surface area contributed by atoms with Crippen molar-refractivity contribution in [1.29, 1.82) is 0 Å². The molecule has 1 atom stereocenters. The molecule has 1 amide bonds. The molecule has 2 rings (SSSR count). The quantitative estimate of drug-likeness (QED) is 0.826. The summed E-state index contributed by atoms with van der Waals surface area (Å²) in [5.74, 6) is -0.301. The summed E-state index contributed by atoms with van der Waals surface area (Å²) < 4.78 is 1.77. The Labute approximate surface area is 120 Å². The molecule has 0 radical (unpaired) electrons. The van der Waals surface area contributed by atoms with Crippen molar-refractivity contribution in [3.8, 4) is 0 Å². The zero-order chi connectivity index (χ0) is 14.9. The Bertz CT molecular complexity index is 482. The molecule has 6 nitrogen and oxygen atoms in total. The Morgan fingerprint density at radius 2 is 2.00 bits per heavy atom. The number of hydrogen-bond donors (Lipinski definition) is 2. The zero-order valence-corrected chi connectivity index (χ0v) is 12.8. The monoisotopic (exact) mass is 279 g/mol. The maximum absolute atomic E-state index is 12.0. The topological polar surface area (TPSA) is 76.2 Å². The number of nitrogens with one attached hydrogen (secondary N) is 1. The number of primary amides is 1. The van der Waals surface area contributed by atoms with Crippen LogP contribution in [0.2, 0.25) is 0 Å². The van der Waals surface area contributed by atoms with Gasteiger partial charge in [-0.1, -0.05) is 20.8 Å². The molecule has 6 heteroatoms. The van der Waals surface area contributed by atoms with Crippen molar-refractivity contribution >= 4 is 5.91 Å². The number of aryl methyl sites for hydroxylation is 1. The molecule has 1 aliphatic heterocycles. The minimum atomic E-state index is -0.389. The number of carbonyl (C=O) groups excluding carboxylic acids is 1. The van der Waals surface area contributed by atoms with Crippen molar-refractivity contribution in [2.45, 2.75) is 32.2 Å². The zero-order valence-electron chi connectivity index (χ0n) is 12.8. The molecule has 1 aliphatic rings. The Kier molecular flexibility index (Phi) is 4.15. The average Bonchev–Trinajstić information content (AvgIpc) is 2.72. The number of hydrogen-bond acceptors (Lipinski definition) is 4. The largest absolute Gasteiger partial charge is 0.368 e. The average molecular weight is 279 g/mol. The van der Waals surface area contributed by atoms with Gasteiger partial charge in [0.15, 0.2) is 0 Å². The van der Waals surface area contributed by atoms with E-state index in [1.165, 1.54) is 0 Å². The maximum atomic E-state index is 12.0. The van der Waals surface area contributed by atoms with Gasteiger partial charge in [0.05, 0.1) is 5.69 Å². The molecule has 0 bridgehead atoms. The van der Waals surface area contributed by atoms with E-state index in [9.17, 15) is 4.79 Å². The number of aromatic nitrogens is 2. The van der Waals surface area contributed by atoms with E-state index in [0.717, 1.165) is 37.4 Å². The van der Waals surface area contributed by atoms with Crippen LogP contribution in [-0.2, 0) is 17.3 Å². The predicted molar refractivity (Wildman–Crippen MR) is 78.3 cm³/mol. The van der Waals surface area contributed by atoms with E-state index in [2.05, 4.69) is 36.1 Å². The Hall–Kier alpha value is -1.40. The van der Waals surface area contributed by atoms with E-state index >= 15 is 0 Å². The molecule has 1 aromatic heterocycles. The number of rotatable bonds is 3. The molecule has 0 spiro atoms. The molecule has 1 unspecified atom stereocenters. The van der Waals surface area contributed by atoms with Gasteiger partial charge in [0.2, 0.25) is 5.91 Å². The summed E-state index contributed by atoms with van der Waals surface area (Å²) in [6.07, 6.45) is 1.93. The third kappa shape index (κ3) is 3.02. The van der Waals surface area contributed by atoms with Crippen molar-refractivity contribution < 1.29 is 4.79 Å². The molecule has 1 saturated heterocycles. The highest BCUT2D eigenvalue weighted by Crippen LogP contribution is 2.31. The first-order chi connectivity index (χ1) is 9.30. The van der Waals surface area contributed by atoms with Gasteiger partial charge in [-0.3, -0.25) is 14.4 Å². The minimum Gasteiger partial charge on any atom is -0.368 e. The fourth-order valence-electron chi connectivity index (χ4n) is 2.76. The van der Waals surface area contributed by atoms with Crippen LogP contribution < -0.4 is 11.1 Å². The molecule has 112 valence electrons. The van der Waals surface area contributed by atoms with Crippen molar-refractivity contribution in [2.75, 3.05) is 26.2 Å². The normalized spacial score (nSPS) is 19.0. The van der Waals surface area contributed by atoms with Gasteiger partial charge >= 0.3 is 0 Å². The fourth-order valence-corrected chi connectivity index (χ4v) is 2.76. The van der Waals surface area contributed by atoms with E-state index in [4.69, 9.17) is 5.73 Å². The summed E-state index contributed by atoms with van der Waals surface area (Å²) in [5, 5.41) is 7.84. The Morgan fingerprint density at radius 1 is 1.40 bits per heavy atom. The van der Waals surface area contributed by atoms with E-state index < -0.39 is 0 Å². The van der Waals surface area contributed by atoms with Crippen LogP contribution in [0.3, 0.4) is 0 Å². The van der Waals surface area contributed by atoms with Crippen LogP contribution in [0, 0.1) is 0 Å². The lowest BCUT2D eigenvalue weighted by Gasteiger charge is -2.34. The number of nitrogens with zero attached hydrogens (tertiary/aromatic N) is 3. The van der Waals surface area contributed by atoms with Crippen molar-refractivity contribution in [3.63, 3.8) is 0 Å². The summed E-state index contributed by atoms with van der Waals surface area (Å²) in [5.41, 5.74) is 7.46. The lowest BCUT2D eigenvalue weighted by atomic mass is 9.87. The maximum Gasteiger partial charge on any atom is 0.239 e. The van der Waals surface area contributed by atoms with Gasteiger partial charge in [0.25, 0.3) is 0 Å². The second-order valence-electron chi connectivity index (χ2n) is 6.45. The van der Waals surface area contributed by atoms with Crippen molar-refractivity contribution in [3.05, 3.63) is 17.5 Å². The number of piperazine rings is 1. The smallest absolute Gasteiger partial charge is 0.239 e. The fraction of sp³-hybridized carbons (Fsp3) is 0.714. The molecule has 2 heterocycles. The second kappa shape index (κ2) is 5.54. The number of carbonyl (C=O) groups is 1. The Balaban J connectivity index is 2.41. The van der Waals surface area contributed by atoms with E-state index in [-0.39, 0.29) is 17.4 Å². The SMILES string of the molecule is Cn1cc(C(C(N)=O)N2CCNCC2)c(C(C)(C)C)n1. The standard InChI is InChI=1S/C14H25N5O/c1-14(2,3)12-10(9-18(4)17-12)11(13(15)20)19-7-5-16-6-8-19/h9,11,16H,5-8H2,1-4H3,(H2,15,20). The molecular weight excluding hydrogens is 254 g/mol. The van der Waals surface area contributed by atoms with Gasteiger partial charge in [-0.15, -0.1) is 0 Å². The molecule has 1 fully saturated rings. The highest BCUT2D eigenvalue weighted by Gasteiger charge is 2.33. The summed E-state index contributed by atoms with van der Waals surface area (Å²) in [6, 6.07) is -0.389. The molecule has 1 aromatic rings. The third-order valence-electron chi connectivity index (χ3n) is 3.65. The van der Waals surface area contributed by atoms with Crippen LogP contribution in [0.1, 0.15) is 38.1 Å². The lowest BCUT2D eigenvalue weighted by molar-refractivity contribution is -0.123. The van der Waals surface area contributed by atoms with E-state index in [0.29, 0.717) is 0 Å². The van der Waals surface area contributed by atoms with Crippen LogP contribution in [-0.4, -0.2) is 46.8 Å². The predicted octanol–water partition coefficient (Wildman–Crippen LogP) is 0.149. The molecule has 0 saturated carbocycles. The van der Waals surface area contributed by atoms with Crippen LogP contribution in [0.4, 0.5) is 0 Å². The molecule has 0 aliphatic carbocycles. The molecule has 20 heavy (non-hydrogen) atoms. The number of amides is 1. The van der Waals surface area contributed by atoms with E-state index in [1.807, 2.05) is 13.2 Å². The van der Waals surface area contributed by atoms with Crippen LogP contribution in [0.5, 0.6) is 0 Å². The summed E-state index contributed by atoms with van der Waals surface area (Å²) in [6.45, 7) is 9.74. The van der Waals surface area contributed by atoms with Gasteiger partial charge in [-0.25, -0.2) is 0 Å². The van der Waals surface area contributed by atoms with Gasteiger partial charge < -0.3 is 11.1 Å². The minimum absolute atomic E-state index is 0.113. The van der Waals surface area contributed by atoms with Crippen LogP contribution >= 0.6 is 0 Å². The van der Waals surface area contributed by atoms with E-state index in [1.54, 1.807) is 4.68 Å². The summed E-state index contributed by atoms with van der Waals surface area (Å²) >= 11 is 0. The van der Waals surface area contributed by atoms with Crippen molar-refractivity contribution in [2.24, 2.45) is 12.8 Å². The first-order valence-electron chi connectivity index (χ1n) is 7.09. The first kappa shape index (κ1) is 15.0. The van der Waals surface area contributed by atoms with Gasteiger partial charge in [0, 0.05) is 50.4 Å².